The summed E-state index contributed by atoms with van der Waals surface area (Å²) in [6, 6.07) is 10.9. The second-order valence-corrected chi connectivity index (χ2v) is 7.63. The SMILES string of the molecule is COc1ccc(NC(=O)c2cc(-c3ccc(OC)c(S(N)(=O)=O)c3)n[nH]2)cc1OC. The minimum Gasteiger partial charge on any atom is -0.495 e. The third-order valence-corrected chi connectivity index (χ3v) is 5.16. The van der Waals surface area contributed by atoms with Crippen LogP contribution in [0, 0.1) is 0 Å². The Kier molecular flexibility index (Phi) is 5.94. The summed E-state index contributed by atoms with van der Waals surface area (Å²) in [5, 5.41) is 14.7. The van der Waals surface area contributed by atoms with Gasteiger partial charge in [0.25, 0.3) is 5.91 Å². The molecule has 1 amide bonds. The molecule has 30 heavy (non-hydrogen) atoms. The number of hydrogen-bond acceptors (Lipinski definition) is 7. The smallest absolute Gasteiger partial charge is 0.273 e. The maximum atomic E-state index is 12.5. The van der Waals surface area contributed by atoms with Gasteiger partial charge in [0.05, 0.1) is 27.0 Å². The highest BCUT2D eigenvalue weighted by Gasteiger charge is 2.18. The number of ether oxygens (including phenoxy) is 3. The molecule has 1 heterocycles. The zero-order chi connectivity index (χ0) is 21.9. The summed E-state index contributed by atoms with van der Waals surface area (Å²) in [5.41, 5.74) is 1.48. The molecular weight excluding hydrogens is 412 g/mol. The van der Waals surface area contributed by atoms with Gasteiger partial charge < -0.3 is 19.5 Å². The topological polar surface area (TPSA) is 146 Å². The number of rotatable bonds is 7. The van der Waals surface area contributed by atoms with E-state index in [1.54, 1.807) is 24.3 Å². The van der Waals surface area contributed by atoms with Crippen LogP contribution in [-0.4, -0.2) is 45.9 Å². The number of nitrogens with two attached hydrogens (primary N) is 1. The van der Waals surface area contributed by atoms with Gasteiger partial charge in [0, 0.05) is 17.3 Å². The van der Waals surface area contributed by atoms with Crippen molar-refractivity contribution in [2.24, 2.45) is 5.14 Å². The van der Waals surface area contributed by atoms with Crippen LogP contribution >= 0.6 is 0 Å². The predicted molar refractivity (Wildman–Crippen MR) is 109 cm³/mol. The van der Waals surface area contributed by atoms with Gasteiger partial charge in [-0.3, -0.25) is 9.89 Å². The standard InChI is InChI=1S/C19H20N4O6S/c1-27-15-7-5-12(9-17(15)29-3)21-19(24)14-10-13(22-23-14)11-4-6-16(28-2)18(8-11)30(20,25)26/h4-10H,1-3H3,(H,21,24)(H,22,23)(H2,20,25,26). The zero-order valence-electron chi connectivity index (χ0n) is 16.4. The van der Waals surface area contributed by atoms with E-state index in [0.717, 1.165) is 0 Å². The fourth-order valence-electron chi connectivity index (χ4n) is 2.76. The fraction of sp³-hybridized carbons (Fsp3) is 0.158. The van der Waals surface area contributed by atoms with Crippen LogP contribution in [0.2, 0.25) is 0 Å². The third-order valence-electron chi connectivity index (χ3n) is 4.23. The molecule has 0 atom stereocenters. The van der Waals surface area contributed by atoms with Gasteiger partial charge in [-0.25, -0.2) is 13.6 Å². The van der Waals surface area contributed by atoms with Crippen molar-refractivity contribution in [3.05, 3.63) is 48.2 Å². The Bertz CT molecular complexity index is 1190. The number of sulfonamides is 1. The first-order valence-electron chi connectivity index (χ1n) is 8.57. The summed E-state index contributed by atoms with van der Waals surface area (Å²) in [4.78, 5) is 12.4. The van der Waals surface area contributed by atoms with Crippen molar-refractivity contribution in [1.29, 1.82) is 0 Å². The number of carbonyl (C=O) groups excluding carboxylic acids is 1. The maximum absolute atomic E-state index is 12.5. The lowest BCUT2D eigenvalue weighted by Crippen LogP contribution is -2.13. The van der Waals surface area contributed by atoms with Crippen LogP contribution in [-0.2, 0) is 10.0 Å². The molecule has 0 saturated carbocycles. The molecule has 158 valence electrons. The summed E-state index contributed by atoms with van der Waals surface area (Å²) in [6.45, 7) is 0. The summed E-state index contributed by atoms with van der Waals surface area (Å²) in [6.07, 6.45) is 0. The molecule has 0 fully saturated rings. The van der Waals surface area contributed by atoms with Gasteiger partial charge >= 0.3 is 0 Å². The average Bonchev–Trinajstić information content (AvgIpc) is 3.23. The second-order valence-electron chi connectivity index (χ2n) is 6.10. The van der Waals surface area contributed by atoms with Gasteiger partial charge in [-0.2, -0.15) is 5.10 Å². The van der Waals surface area contributed by atoms with Gasteiger partial charge in [-0.05, 0) is 36.4 Å². The molecule has 0 spiro atoms. The van der Waals surface area contributed by atoms with Crippen LogP contribution in [0.5, 0.6) is 17.2 Å². The molecule has 3 rings (SSSR count). The van der Waals surface area contributed by atoms with Gasteiger partial charge in [0.15, 0.2) is 11.5 Å². The van der Waals surface area contributed by atoms with Crippen molar-refractivity contribution < 1.29 is 27.4 Å². The van der Waals surface area contributed by atoms with E-state index in [0.29, 0.717) is 28.4 Å². The van der Waals surface area contributed by atoms with Crippen molar-refractivity contribution in [2.75, 3.05) is 26.6 Å². The van der Waals surface area contributed by atoms with Crippen LogP contribution in [0.25, 0.3) is 11.3 Å². The number of primary sulfonamides is 1. The number of nitrogens with zero attached hydrogens (tertiary/aromatic N) is 1. The third kappa shape index (κ3) is 4.36. The lowest BCUT2D eigenvalue weighted by Gasteiger charge is -2.10. The van der Waals surface area contributed by atoms with E-state index in [1.807, 2.05) is 0 Å². The lowest BCUT2D eigenvalue weighted by atomic mass is 10.1. The Morgan fingerprint density at radius 3 is 2.27 bits per heavy atom. The van der Waals surface area contributed by atoms with E-state index in [2.05, 4.69) is 15.5 Å². The van der Waals surface area contributed by atoms with Crippen molar-refractivity contribution in [2.45, 2.75) is 4.90 Å². The van der Waals surface area contributed by atoms with Crippen molar-refractivity contribution in [3.63, 3.8) is 0 Å². The van der Waals surface area contributed by atoms with Gasteiger partial charge in [-0.15, -0.1) is 0 Å². The molecule has 0 bridgehead atoms. The number of H-pyrrole nitrogens is 1. The Morgan fingerprint density at radius 1 is 0.967 bits per heavy atom. The molecular formula is C19H20N4O6S. The summed E-state index contributed by atoms with van der Waals surface area (Å²) in [5.74, 6) is 0.670. The Morgan fingerprint density at radius 2 is 1.63 bits per heavy atom. The number of carbonyl (C=O) groups is 1. The number of benzene rings is 2. The first-order chi connectivity index (χ1) is 14.3. The Balaban J connectivity index is 1.85. The first-order valence-corrected chi connectivity index (χ1v) is 10.1. The molecule has 0 aliphatic heterocycles. The molecule has 0 unspecified atom stereocenters. The monoisotopic (exact) mass is 432 g/mol. The van der Waals surface area contributed by atoms with E-state index in [-0.39, 0.29) is 16.3 Å². The van der Waals surface area contributed by atoms with Crippen LogP contribution in [0.1, 0.15) is 10.5 Å². The highest BCUT2D eigenvalue weighted by molar-refractivity contribution is 7.89. The van der Waals surface area contributed by atoms with Crippen molar-refractivity contribution >= 4 is 21.6 Å². The number of aromatic nitrogens is 2. The largest absolute Gasteiger partial charge is 0.495 e. The zero-order valence-corrected chi connectivity index (χ0v) is 17.2. The molecule has 1 aromatic heterocycles. The van der Waals surface area contributed by atoms with Crippen LogP contribution in [0.3, 0.4) is 0 Å². The number of aromatic amines is 1. The van der Waals surface area contributed by atoms with E-state index < -0.39 is 15.9 Å². The summed E-state index contributed by atoms with van der Waals surface area (Å²) in [7, 11) is 0.351. The summed E-state index contributed by atoms with van der Waals surface area (Å²) >= 11 is 0. The molecule has 10 nitrogen and oxygen atoms in total. The molecule has 0 saturated heterocycles. The molecule has 3 aromatic rings. The van der Waals surface area contributed by atoms with Crippen LogP contribution in [0.4, 0.5) is 5.69 Å². The van der Waals surface area contributed by atoms with Crippen molar-refractivity contribution in [3.8, 4) is 28.5 Å². The summed E-state index contributed by atoms with van der Waals surface area (Å²) < 4.78 is 39.0. The van der Waals surface area contributed by atoms with Gasteiger partial charge in [0.1, 0.15) is 16.3 Å². The predicted octanol–water partition coefficient (Wildman–Crippen LogP) is 2.00. The lowest BCUT2D eigenvalue weighted by molar-refractivity contribution is 0.102. The number of hydrogen-bond donors (Lipinski definition) is 3. The minimum absolute atomic E-state index is 0.114. The van der Waals surface area contributed by atoms with Gasteiger partial charge in [-0.1, -0.05) is 0 Å². The molecule has 4 N–H and O–H groups in total. The normalized spacial score (nSPS) is 11.1. The second kappa shape index (κ2) is 8.43. The maximum Gasteiger partial charge on any atom is 0.273 e. The quantitative estimate of drug-likeness (QED) is 0.517. The highest BCUT2D eigenvalue weighted by Crippen LogP contribution is 2.31. The number of nitrogens with one attached hydrogen (secondary N) is 2. The van der Waals surface area contributed by atoms with E-state index in [4.69, 9.17) is 19.3 Å². The number of methoxy groups -OCH3 is 3. The average molecular weight is 432 g/mol. The number of anilines is 1. The van der Waals surface area contributed by atoms with Crippen LogP contribution in [0.15, 0.2) is 47.4 Å². The fourth-order valence-corrected chi connectivity index (χ4v) is 3.48. The Labute approximate surface area is 173 Å². The Hall–Kier alpha value is -3.57. The number of amides is 1. The van der Waals surface area contributed by atoms with Crippen LogP contribution < -0.4 is 24.7 Å². The molecule has 0 radical (unpaired) electrons. The van der Waals surface area contributed by atoms with E-state index in [9.17, 15) is 13.2 Å². The van der Waals surface area contributed by atoms with Gasteiger partial charge in [0.2, 0.25) is 10.0 Å². The highest BCUT2D eigenvalue weighted by atomic mass is 32.2. The minimum atomic E-state index is -4.00. The first kappa shape index (κ1) is 21.1. The molecule has 0 aliphatic rings. The van der Waals surface area contributed by atoms with Crippen molar-refractivity contribution in [1.82, 2.24) is 10.2 Å². The molecule has 2 aromatic carbocycles. The van der Waals surface area contributed by atoms with E-state index >= 15 is 0 Å². The molecule has 11 heteroatoms. The van der Waals surface area contributed by atoms with E-state index in [1.165, 1.54) is 39.5 Å². The molecule has 0 aliphatic carbocycles.